The number of rotatable bonds is 9. The molecule has 3 rings (SSSR count). The Labute approximate surface area is 178 Å². The molecule has 1 aromatic rings. The topological polar surface area (TPSA) is 150 Å². The van der Waals surface area contributed by atoms with Crippen molar-refractivity contribution in [2.45, 2.75) is 30.7 Å². The molecular weight excluding hydrogens is 436 g/mol. The van der Waals surface area contributed by atoms with Crippen molar-refractivity contribution in [1.82, 2.24) is 10.2 Å². The first kappa shape index (κ1) is 21.8. The molecule has 12 heteroatoms. The summed E-state index contributed by atoms with van der Waals surface area (Å²) < 4.78 is 4.96. The van der Waals surface area contributed by atoms with Crippen LogP contribution < -0.4 is 5.32 Å². The maximum absolute atomic E-state index is 12.5. The van der Waals surface area contributed by atoms with Crippen LogP contribution in [0.3, 0.4) is 0 Å². The van der Waals surface area contributed by atoms with Gasteiger partial charge in [0.2, 0.25) is 5.91 Å². The van der Waals surface area contributed by atoms with E-state index in [1.54, 1.807) is 0 Å². The highest BCUT2D eigenvalue weighted by molar-refractivity contribution is 8.00. The van der Waals surface area contributed by atoms with Crippen molar-refractivity contribution in [2.75, 3.05) is 12.4 Å². The van der Waals surface area contributed by atoms with Gasteiger partial charge in [-0.05, 0) is 11.4 Å². The average Bonchev–Trinajstić information content (AvgIpc) is 3.20. The number of carboxylic acids is 2. The van der Waals surface area contributed by atoms with Crippen molar-refractivity contribution in [1.29, 1.82) is 0 Å². The van der Waals surface area contributed by atoms with Crippen molar-refractivity contribution in [3.05, 3.63) is 33.7 Å². The molecule has 2 aliphatic heterocycles. The van der Waals surface area contributed by atoms with E-state index in [0.29, 0.717) is 0 Å². The molecule has 0 bridgehead atoms. The van der Waals surface area contributed by atoms with E-state index in [1.807, 2.05) is 17.5 Å². The van der Waals surface area contributed by atoms with E-state index >= 15 is 0 Å². The Morgan fingerprint density at radius 2 is 2.00 bits per heavy atom. The van der Waals surface area contributed by atoms with Crippen LogP contribution in [0, 0.1) is 0 Å². The number of carboxylic acid groups (broad SMARTS) is 2. The number of fused-ring (bicyclic) bond motifs is 1. The number of carbonyl (C=O) groups excluding carboxylic acids is 3. The number of carbonyl (C=O) groups is 5. The second-order valence-electron chi connectivity index (χ2n) is 6.52. The Kier molecular flexibility index (Phi) is 6.77. The highest BCUT2D eigenvalue weighted by Gasteiger charge is 2.54. The van der Waals surface area contributed by atoms with E-state index in [-0.39, 0.29) is 42.4 Å². The van der Waals surface area contributed by atoms with Crippen molar-refractivity contribution >= 4 is 52.8 Å². The third kappa shape index (κ3) is 4.82. The Hall–Kier alpha value is -2.86. The minimum absolute atomic E-state index is 0.137. The molecule has 0 aliphatic carbocycles. The molecule has 0 spiro atoms. The predicted molar refractivity (Wildman–Crippen MR) is 106 cm³/mol. The zero-order valence-electron chi connectivity index (χ0n) is 15.5. The standard InChI is InChI=1S/C18H18N2O8S2/c21-11(6-10-2-1-5-29-10)19-14-16(25)20-15(18(26)27)9(8-30-17(14)20)7-28-13(24)4-3-12(22)23/h1-2,5,14,17H,3-4,6-8H2,(H,19,21)(H,22,23)(H,26,27)/t14-,17+/m1/s1. The molecule has 2 amide bonds. The summed E-state index contributed by atoms with van der Waals surface area (Å²) in [5.41, 5.74) is -0.0253. The highest BCUT2D eigenvalue weighted by atomic mass is 32.2. The first-order valence-corrected chi connectivity index (χ1v) is 10.8. The third-order valence-corrected chi connectivity index (χ3v) is 6.65. The van der Waals surface area contributed by atoms with Crippen molar-refractivity contribution in [2.24, 2.45) is 0 Å². The Morgan fingerprint density at radius 1 is 1.23 bits per heavy atom. The number of aliphatic carboxylic acids is 2. The largest absolute Gasteiger partial charge is 0.481 e. The van der Waals surface area contributed by atoms with Crippen LogP contribution in [0.5, 0.6) is 0 Å². The van der Waals surface area contributed by atoms with Gasteiger partial charge in [-0.3, -0.25) is 24.1 Å². The van der Waals surface area contributed by atoms with E-state index in [2.05, 4.69) is 5.32 Å². The summed E-state index contributed by atoms with van der Waals surface area (Å²) in [5.74, 6) is -3.93. The molecule has 3 N–H and O–H groups in total. The van der Waals surface area contributed by atoms with Gasteiger partial charge in [-0.25, -0.2) is 4.79 Å². The molecule has 1 fully saturated rings. The van der Waals surface area contributed by atoms with Gasteiger partial charge in [0.05, 0.1) is 19.3 Å². The molecule has 1 aromatic heterocycles. The van der Waals surface area contributed by atoms with Crippen LogP contribution in [0.4, 0.5) is 0 Å². The summed E-state index contributed by atoms with van der Waals surface area (Å²) in [7, 11) is 0. The molecule has 0 aromatic carbocycles. The molecule has 0 radical (unpaired) electrons. The summed E-state index contributed by atoms with van der Waals surface area (Å²) in [6.45, 7) is -0.348. The normalized spacial score (nSPS) is 20.3. The number of esters is 1. The van der Waals surface area contributed by atoms with Crippen molar-refractivity contribution in [3.63, 3.8) is 0 Å². The van der Waals surface area contributed by atoms with Gasteiger partial charge in [-0.2, -0.15) is 0 Å². The summed E-state index contributed by atoms with van der Waals surface area (Å²) in [6.07, 6.45) is -0.586. The zero-order valence-corrected chi connectivity index (χ0v) is 17.2. The van der Waals surface area contributed by atoms with Gasteiger partial charge in [0.1, 0.15) is 23.7 Å². The van der Waals surface area contributed by atoms with E-state index in [1.165, 1.54) is 23.1 Å². The predicted octanol–water partition coefficient (Wildman–Crippen LogP) is 0.437. The maximum atomic E-state index is 12.5. The van der Waals surface area contributed by atoms with Gasteiger partial charge in [0, 0.05) is 16.2 Å². The maximum Gasteiger partial charge on any atom is 0.352 e. The van der Waals surface area contributed by atoms with Gasteiger partial charge < -0.3 is 20.3 Å². The Bertz CT molecular complexity index is 911. The number of amides is 2. The number of ether oxygens (including phenoxy) is 1. The van der Waals surface area contributed by atoms with E-state index in [4.69, 9.17) is 9.84 Å². The van der Waals surface area contributed by atoms with Crippen LogP contribution in [0.25, 0.3) is 0 Å². The number of thiophene rings is 1. The lowest BCUT2D eigenvalue weighted by Gasteiger charge is -2.49. The van der Waals surface area contributed by atoms with Crippen LogP contribution in [0.2, 0.25) is 0 Å². The lowest BCUT2D eigenvalue weighted by molar-refractivity contribution is -0.151. The number of nitrogens with zero attached hydrogens (tertiary/aromatic N) is 1. The number of thioether (sulfide) groups is 1. The van der Waals surface area contributed by atoms with Crippen LogP contribution in [0.15, 0.2) is 28.8 Å². The number of hydrogen-bond acceptors (Lipinski definition) is 8. The number of nitrogens with one attached hydrogen (secondary N) is 1. The summed E-state index contributed by atoms with van der Waals surface area (Å²) in [4.78, 5) is 60.5. The molecule has 2 atom stereocenters. The summed E-state index contributed by atoms with van der Waals surface area (Å²) >= 11 is 2.68. The zero-order chi connectivity index (χ0) is 21.8. The van der Waals surface area contributed by atoms with Gasteiger partial charge in [-0.1, -0.05) is 6.07 Å². The highest BCUT2D eigenvalue weighted by Crippen LogP contribution is 2.40. The van der Waals surface area contributed by atoms with Gasteiger partial charge in [-0.15, -0.1) is 23.1 Å². The van der Waals surface area contributed by atoms with Crippen molar-refractivity contribution < 1.29 is 38.9 Å². The lowest BCUT2D eigenvalue weighted by atomic mass is 10.0. The third-order valence-electron chi connectivity index (χ3n) is 4.43. The SMILES string of the molecule is O=C(O)CCC(=O)OCC1=C(C(=O)O)N2C(=O)[C@@H](NC(=O)Cc3cccs3)[C@@H]2SC1. The summed E-state index contributed by atoms with van der Waals surface area (Å²) in [6, 6.07) is 2.81. The minimum Gasteiger partial charge on any atom is -0.481 e. The Morgan fingerprint density at radius 3 is 2.63 bits per heavy atom. The van der Waals surface area contributed by atoms with Crippen LogP contribution >= 0.6 is 23.1 Å². The van der Waals surface area contributed by atoms with Gasteiger partial charge >= 0.3 is 17.9 Å². The number of hydrogen-bond donors (Lipinski definition) is 3. The number of β-lactam (4-membered cyclic amide) rings is 1. The molecule has 160 valence electrons. The smallest absolute Gasteiger partial charge is 0.352 e. The molecule has 30 heavy (non-hydrogen) atoms. The molecule has 0 saturated carbocycles. The van der Waals surface area contributed by atoms with Crippen LogP contribution in [-0.2, 0) is 35.1 Å². The molecular formula is C18H18N2O8S2. The van der Waals surface area contributed by atoms with E-state index < -0.39 is 41.7 Å². The van der Waals surface area contributed by atoms with Gasteiger partial charge in [0.15, 0.2) is 0 Å². The quantitative estimate of drug-likeness (QED) is 0.357. The fourth-order valence-electron chi connectivity index (χ4n) is 3.04. The molecule has 10 nitrogen and oxygen atoms in total. The van der Waals surface area contributed by atoms with E-state index in [9.17, 15) is 29.1 Å². The molecule has 1 saturated heterocycles. The Balaban J connectivity index is 1.62. The fourth-order valence-corrected chi connectivity index (χ4v) is 5.07. The lowest BCUT2D eigenvalue weighted by Crippen LogP contribution is -2.70. The van der Waals surface area contributed by atoms with Crippen LogP contribution in [0.1, 0.15) is 17.7 Å². The monoisotopic (exact) mass is 454 g/mol. The van der Waals surface area contributed by atoms with Crippen LogP contribution in [-0.4, -0.2) is 68.6 Å². The first-order chi connectivity index (χ1) is 14.3. The minimum atomic E-state index is -1.34. The van der Waals surface area contributed by atoms with Crippen molar-refractivity contribution in [3.8, 4) is 0 Å². The second-order valence-corrected chi connectivity index (χ2v) is 8.66. The fraction of sp³-hybridized carbons (Fsp3) is 0.389. The summed E-state index contributed by atoms with van der Waals surface area (Å²) in [5, 5.41) is 22.1. The average molecular weight is 454 g/mol. The molecule has 0 unspecified atom stereocenters. The van der Waals surface area contributed by atoms with Gasteiger partial charge in [0.25, 0.3) is 5.91 Å². The second kappa shape index (κ2) is 9.30. The molecule has 2 aliphatic rings. The first-order valence-electron chi connectivity index (χ1n) is 8.87. The molecule has 3 heterocycles. The van der Waals surface area contributed by atoms with E-state index in [0.717, 1.165) is 9.78 Å².